The summed E-state index contributed by atoms with van der Waals surface area (Å²) in [6.07, 6.45) is 5.78. The van der Waals surface area contributed by atoms with E-state index in [1.807, 2.05) is 25.1 Å². The molecule has 2 aromatic carbocycles. The molecule has 0 atom stereocenters. The fourth-order valence-electron chi connectivity index (χ4n) is 3.48. The fraction of sp³-hybridized carbons (Fsp3) is 0.346. The Morgan fingerprint density at radius 2 is 1.72 bits per heavy atom. The number of ether oxygens (including phenoxy) is 2. The first-order valence-electron chi connectivity index (χ1n) is 11.1. The molecule has 0 radical (unpaired) electrons. The molecule has 0 bridgehead atoms. The van der Waals surface area contributed by atoms with E-state index in [4.69, 9.17) is 9.47 Å². The van der Waals surface area contributed by atoms with Crippen molar-refractivity contribution in [3.8, 4) is 0 Å². The number of hydrogen-bond acceptors (Lipinski definition) is 6. The van der Waals surface area contributed by atoms with Crippen LogP contribution in [0.3, 0.4) is 0 Å². The predicted octanol–water partition coefficient (Wildman–Crippen LogP) is 6.20. The van der Waals surface area contributed by atoms with Crippen LogP contribution in [0.2, 0.25) is 0 Å². The quantitative estimate of drug-likeness (QED) is 0.302. The number of aromatic nitrogens is 1. The lowest BCUT2D eigenvalue weighted by Crippen LogP contribution is -2.10. The normalized spacial score (nSPS) is 10.7. The number of anilines is 2. The van der Waals surface area contributed by atoms with Crippen LogP contribution in [0.1, 0.15) is 65.8 Å². The second kappa shape index (κ2) is 11.3. The number of fused-ring (bicyclic) bond motifs is 1. The van der Waals surface area contributed by atoms with Crippen molar-refractivity contribution in [1.29, 1.82) is 0 Å². The number of esters is 2. The minimum Gasteiger partial charge on any atom is -0.462 e. The summed E-state index contributed by atoms with van der Waals surface area (Å²) in [5.41, 5.74) is 4.05. The van der Waals surface area contributed by atoms with E-state index in [9.17, 15) is 9.59 Å². The standard InChI is InChI=1S/C26H30N2O4/c1-4-6-7-8-16-32-25(29)19-12-14-20(15-13-19)28-24-21-11-9-10-18(3)23(21)27-17-22(24)26(30)31-5-2/h9-15,17H,4-8,16H2,1-3H3,(H,27,28). The number of hydrogen-bond donors (Lipinski definition) is 1. The Kier molecular flexibility index (Phi) is 8.20. The Labute approximate surface area is 189 Å². The van der Waals surface area contributed by atoms with Gasteiger partial charge in [-0.2, -0.15) is 0 Å². The summed E-state index contributed by atoms with van der Waals surface area (Å²) in [4.78, 5) is 29.3. The lowest BCUT2D eigenvalue weighted by molar-refractivity contribution is 0.0495. The van der Waals surface area contributed by atoms with Crippen molar-refractivity contribution >= 4 is 34.2 Å². The van der Waals surface area contributed by atoms with Crippen LogP contribution in [-0.2, 0) is 9.47 Å². The number of carbonyl (C=O) groups excluding carboxylic acids is 2. The lowest BCUT2D eigenvalue weighted by Gasteiger charge is -2.15. The highest BCUT2D eigenvalue weighted by Gasteiger charge is 2.18. The molecule has 0 aliphatic heterocycles. The molecule has 1 N–H and O–H groups in total. The van der Waals surface area contributed by atoms with Crippen molar-refractivity contribution < 1.29 is 19.1 Å². The van der Waals surface area contributed by atoms with Crippen molar-refractivity contribution in [1.82, 2.24) is 4.98 Å². The van der Waals surface area contributed by atoms with Gasteiger partial charge in [0.2, 0.25) is 0 Å². The van der Waals surface area contributed by atoms with E-state index < -0.39 is 5.97 Å². The number of carbonyl (C=O) groups is 2. The Balaban J connectivity index is 1.81. The molecule has 3 rings (SSSR count). The van der Waals surface area contributed by atoms with E-state index in [-0.39, 0.29) is 12.6 Å². The molecule has 32 heavy (non-hydrogen) atoms. The largest absolute Gasteiger partial charge is 0.462 e. The van der Waals surface area contributed by atoms with Gasteiger partial charge in [0.1, 0.15) is 5.56 Å². The summed E-state index contributed by atoms with van der Waals surface area (Å²) in [7, 11) is 0. The highest BCUT2D eigenvalue weighted by atomic mass is 16.5. The molecule has 0 saturated carbocycles. The number of aryl methyl sites for hydroxylation is 1. The zero-order valence-corrected chi connectivity index (χ0v) is 18.9. The number of para-hydroxylation sites is 1. The summed E-state index contributed by atoms with van der Waals surface area (Å²) < 4.78 is 10.6. The zero-order chi connectivity index (χ0) is 22.9. The van der Waals surface area contributed by atoms with Crippen LogP contribution in [0, 0.1) is 6.92 Å². The van der Waals surface area contributed by atoms with Gasteiger partial charge in [-0.25, -0.2) is 9.59 Å². The number of pyridine rings is 1. The number of benzene rings is 2. The molecule has 0 amide bonds. The van der Waals surface area contributed by atoms with Crippen LogP contribution in [0.5, 0.6) is 0 Å². The summed E-state index contributed by atoms with van der Waals surface area (Å²) >= 11 is 0. The second-order valence-electron chi connectivity index (χ2n) is 7.64. The van der Waals surface area contributed by atoms with Crippen LogP contribution >= 0.6 is 0 Å². The van der Waals surface area contributed by atoms with Crippen molar-refractivity contribution in [2.75, 3.05) is 18.5 Å². The molecule has 6 nitrogen and oxygen atoms in total. The topological polar surface area (TPSA) is 77.5 Å². The molecular weight excluding hydrogens is 404 g/mol. The summed E-state index contributed by atoms with van der Waals surface area (Å²) in [5.74, 6) is -0.764. The van der Waals surface area contributed by atoms with E-state index in [1.54, 1.807) is 37.4 Å². The van der Waals surface area contributed by atoms with E-state index >= 15 is 0 Å². The zero-order valence-electron chi connectivity index (χ0n) is 18.9. The molecule has 0 aliphatic carbocycles. The molecule has 0 fully saturated rings. The average Bonchev–Trinajstić information content (AvgIpc) is 2.80. The smallest absolute Gasteiger partial charge is 0.341 e. The van der Waals surface area contributed by atoms with Crippen molar-refractivity contribution in [2.45, 2.75) is 46.5 Å². The Morgan fingerprint density at radius 3 is 2.44 bits per heavy atom. The molecule has 0 unspecified atom stereocenters. The van der Waals surface area contributed by atoms with E-state index in [1.165, 1.54) is 0 Å². The maximum absolute atomic E-state index is 12.5. The monoisotopic (exact) mass is 434 g/mol. The third-order valence-corrected chi connectivity index (χ3v) is 5.22. The minimum atomic E-state index is -0.436. The maximum atomic E-state index is 12.5. The number of unbranched alkanes of at least 4 members (excludes halogenated alkanes) is 3. The molecule has 0 aliphatic rings. The van der Waals surface area contributed by atoms with Gasteiger partial charge in [-0.3, -0.25) is 4.98 Å². The van der Waals surface area contributed by atoms with Crippen LogP contribution in [0.4, 0.5) is 11.4 Å². The fourth-order valence-corrected chi connectivity index (χ4v) is 3.48. The van der Waals surface area contributed by atoms with Gasteiger partial charge in [0.25, 0.3) is 0 Å². The van der Waals surface area contributed by atoms with Crippen molar-refractivity contribution in [3.63, 3.8) is 0 Å². The summed E-state index contributed by atoms with van der Waals surface area (Å²) in [5, 5.41) is 4.15. The van der Waals surface area contributed by atoms with Crippen LogP contribution in [0.15, 0.2) is 48.7 Å². The first kappa shape index (κ1) is 23.3. The first-order valence-corrected chi connectivity index (χ1v) is 11.1. The Morgan fingerprint density at radius 1 is 0.938 bits per heavy atom. The number of nitrogens with zero attached hydrogens (tertiary/aromatic N) is 1. The molecule has 3 aromatic rings. The predicted molar refractivity (Wildman–Crippen MR) is 127 cm³/mol. The van der Waals surface area contributed by atoms with Gasteiger partial charge in [0.15, 0.2) is 0 Å². The third kappa shape index (κ3) is 5.63. The van der Waals surface area contributed by atoms with E-state index in [0.29, 0.717) is 23.4 Å². The van der Waals surface area contributed by atoms with Gasteiger partial charge in [-0.15, -0.1) is 0 Å². The third-order valence-electron chi connectivity index (χ3n) is 5.22. The van der Waals surface area contributed by atoms with Gasteiger partial charge >= 0.3 is 11.9 Å². The maximum Gasteiger partial charge on any atom is 0.341 e. The minimum absolute atomic E-state index is 0.277. The summed E-state index contributed by atoms with van der Waals surface area (Å²) in [6, 6.07) is 12.9. The van der Waals surface area contributed by atoms with Crippen LogP contribution < -0.4 is 5.32 Å². The Hall–Kier alpha value is -3.41. The molecule has 0 spiro atoms. The van der Waals surface area contributed by atoms with Gasteiger partial charge < -0.3 is 14.8 Å². The molecule has 0 saturated heterocycles. The highest BCUT2D eigenvalue weighted by Crippen LogP contribution is 2.31. The molecule has 1 heterocycles. The first-order chi connectivity index (χ1) is 15.5. The van der Waals surface area contributed by atoms with E-state index in [0.717, 1.165) is 47.8 Å². The van der Waals surface area contributed by atoms with E-state index in [2.05, 4.69) is 17.2 Å². The molecular formula is C26H30N2O4. The Bertz CT molecular complexity index is 1080. The highest BCUT2D eigenvalue weighted by molar-refractivity contribution is 6.06. The van der Waals surface area contributed by atoms with Gasteiger partial charge in [0.05, 0.1) is 30.0 Å². The van der Waals surface area contributed by atoms with Crippen LogP contribution in [0.25, 0.3) is 10.9 Å². The molecule has 168 valence electrons. The van der Waals surface area contributed by atoms with Crippen LogP contribution in [-0.4, -0.2) is 30.1 Å². The number of nitrogens with one attached hydrogen (secondary N) is 1. The lowest BCUT2D eigenvalue weighted by atomic mass is 10.1. The van der Waals surface area contributed by atoms with Gasteiger partial charge in [-0.1, -0.05) is 44.4 Å². The molecule has 6 heteroatoms. The van der Waals surface area contributed by atoms with Gasteiger partial charge in [0, 0.05) is 17.3 Å². The second-order valence-corrected chi connectivity index (χ2v) is 7.64. The molecule has 1 aromatic heterocycles. The van der Waals surface area contributed by atoms with Gasteiger partial charge in [-0.05, 0) is 50.1 Å². The average molecular weight is 435 g/mol. The summed E-state index contributed by atoms with van der Waals surface area (Å²) in [6.45, 7) is 6.60. The van der Waals surface area contributed by atoms with Crippen molar-refractivity contribution in [2.24, 2.45) is 0 Å². The van der Waals surface area contributed by atoms with Crippen molar-refractivity contribution in [3.05, 3.63) is 65.4 Å². The number of rotatable bonds is 10. The SMILES string of the molecule is CCCCCCOC(=O)c1ccc(Nc2c(C(=O)OCC)cnc3c(C)cccc23)cc1.